The van der Waals surface area contributed by atoms with Crippen molar-refractivity contribution in [1.82, 2.24) is 19.9 Å². The van der Waals surface area contributed by atoms with Gasteiger partial charge in [0.05, 0.1) is 22.4 Å². The van der Waals surface area contributed by atoms with Crippen LogP contribution in [0.5, 0.6) is 0 Å². The molecule has 2 N–H and O–H groups in total. The first-order valence-electron chi connectivity index (χ1n) is 9.96. The summed E-state index contributed by atoms with van der Waals surface area (Å²) in [6.07, 6.45) is 0. The van der Waals surface area contributed by atoms with E-state index in [1.165, 1.54) is 38.1 Å². The third-order valence-corrected chi connectivity index (χ3v) is 5.96. The van der Waals surface area contributed by atoms with E-state index in [0.717, 1.165) is 0 Å². The standard InChI is InChI=1S/C24H18F4N4/c1-9-13-5-18-22(26)11(3)15(30-18)7-20-24(28)12(4)16(32-20)8-19-23(27)10(2)14(31-19)6-17(29-13)21(9)25/h5-8,29-30H,1-4H3. The van der Waals surface area contributed by atoms with E-state index in [1.807, 2.05) is 0 Å². The zero-order valence-corrected chi connectivity index (χ0v) is 17.7. The highest BCUT2D eigenvalue weighted by molar-refractivity contribution is 5.91. The van der Waals surface area contributed by atoms with E-state index in [9.17, 15) is 17.6 Å². The lowest BCUT2D eigenvalue weighted by molar-refractivity contribution is 0.632. The summed E-state index contributed by atoms with van der Waals surface area (Å²) in [5.41, 5.74) is 2.30. The van der Waals surface area contributed by atoms with E-state index >= 15 is 0 Å². The van der Waals surface area contributed by atoms with Gasteiger partial charge in [0.1, 0.15) is 11.4 Å². The summed E-state index contributed by atoms with van der Waals surface area (Å²) < 4.78 is 59.5. The summed E-state index contributed by atoms with van der Waals surface area (Å²) in [6, 6.07) is 5.59. The van der Waals surface area contributed by atoms with Gasteiger partial charge in [-0.15, -0.1) is 0 Å². The van der Waals surface area contributed by atoms with E-state index in [0.29, 0.717) is 11.0 Å². The van der Waals surface area contributed by atoms with Gasteiger partial charge in [0.15, 0.2) is 23.3 Å². The maximum absolute atomic E-state index is 14.9. The summed E-state index contributed by atoms with van der Waals surface area (Å²) in [5.74, 6) is -2.24. The molecule has 8 heteroatoms. The molecular formula is C24H18F4N4. The minimum Gasteiger partial charge on any atom is -0.353 e. The van der Waals surface area contributed by atoms with Gasteiger partial charge >= 0.3 is 0 Å². The Morgan fingerprint density at radius 1 is 0.531 bits per heavy atom. The first-order valence-corrected chi connectivity index (χ1v) is 9.96. The van der Waals surface area contributed by atoms with Gasteiger partial charge < -0.3 is 9.97 Å². The number of allylic oxidation sites excluding steroid dienone is 2. The predicted octanol–water partition coefficient (Wildman–Crippen LogP) is 6.93. The zero-order valence-electron chi connectivity index (χ0n) is 17.7. The van der Waals surface area contributed by atoms with Gasteiger partial charge in [0.2, 0.25) is 0 Å². The lowest BCUT2D eigenvalue weighted by atomic mass is 10.1. The van der Waals surface area contributed by atoms with Crippen LogP contribution in [0.15, 0.2) is 24.3 Å². The van der Waals surface area contributed by atoms with Crippen LogP contribution in [0.1, 0.15) is 47.8 Å². The minimum atomic E-state index is -0.587. The van der Waals surface area contributed by atoms with E-state index in [4.69, 9.17) is 0 Å². The molecule has 0 fully saturated rings. The fourth-order valence-corrected chi connectivity index (χ4v) is 3.87. The van der Waals surface area contributed by atoms with E-state index < -0.39 is 23.3 Å². The SMILES string of the molecule is CC1=C(F)c2cc3nc(cc4[nH]c(cc5[nH]c(cc1n2)c(F)c5C)c(F)c4C)C(F)=C3C. The number of hydrogen-bond acceptors (Lipinski definition) is 2. The Labute approximate surface area is 180 Å². The molecule has 2 aliphatic heterocycles. The molecule has 3 aromatic heterocycles. The molecule has 0 atom stereocenters. The van der Waals surface area contributed by atoms with Crippen molar-refractivity contribution in [2.75, 3.05) is 0 Å². The zero-order chi connectivity index (χ0) is 22.9. The predicted molar refractivity (Wildman–Crippen MR) is 118 cm³/mol. The van der Waals surface area contributed by atoms with Crippen molar-refractivity contribution in [2.45, 2.75) is 27.7 Å². The number of halogens is 4. The van der Waals surface area contributed by atoms with Crippen molar-refractivity contribution in [2.24, 2.45) is 0 Å². The molecule has 0 amide bonds. The second kappa shape index (κ2) is 6.91. The Hall–Kier alpha value is -3.68. The molecule has 0 aromatic carbocycles. The van der Waals surface area contributed by atoms with Crippen LogP contribution in [-0.2, 0) is 0 Å². The lowest BCUT2D eigenvalue weighted by Crippen LogP contribution is -1.82. The maximum atomic E-state index is 14.9. The number of H-pyrrole nitrogens is 2. The molecule has 3 aromatic rings. The molecule has 8 bridgehead atoms. The van der Waals surface area contributed by atoms with Crippen LogP contribution in [0, 0.1) is 25.5 Å². The van der Waals surface area contributed by atoms with Gasteiger partial charge in [-0.2, -0.15) is 0 Å². The number of aromatic amines is 2. The highest BCUT2D eigenvalue weighted by Crippen LogP contribution is 2.35. The van der Waals surface area contributed by atoms with Crippen molar-refractivity contribution in [3.05, 3.63) is 69.8 Å². The fourth-order valence-electron chi connectivity index (χ4n) is 3.87. The van der Waals surface area contributed by atoms with Crippen LogP contribution >= 0.6 is 0 Å². The van der Waals surface area contributed by atoms with Crippen LogP contribution in [0.4, 0.5) is 17.6 Å². The molecule has 0 aliphatic carbocycles. The Balaban J connectivity index is 1.99. The van der Waals surface area contributed by atoms with Crippen molar-refractivity contribution < 1.29 is 17.6 Å². The van der Waals surface area contributed by atoms with Gasteiger partial charge in [0.25, 0.3) is 0 Å². The number of fused-ring (bicyclic) bond motifs is 8. The molecule has 5 heterocycles. The number of nitrogens with one attached hydrogen (secondary N) is 2. The van der Waals surface area contributed by atoms with Crippen molar-refractivity contribution in [3.8, 4) is 0 Å². The normalized spacial score (nSPS) is 14.0. The smallest absolute Gasteiger partial charge is 0.153 e. The molecular weight excluding hydrogens is 420 g/mol. The molecule has 0 saturated carbocycles. The summed E-state index contributed by atoms with van der Waals surface area (Å²) in [7, 11) is 0. The van der Waals surface area contributed by atoms with Gasteiger partial charge in [-0.1, -0.05) is 0 Å². The molecule has 0 radical (unpaired) electrons. The second-order valence-electron chi connectivity index (χ2n) is 8.00. The Morgan fingerprint density at radius 2 is 0.938 bits per heavy atom. The first kappa shape index (κ1) is 20.2. The quantitative estimate of drug-likeness (QED) is 0.374. The Kier molecular flexibility index (Phi) is 4.37. The summed E-state index contributed by atoms with van der Waals surface area (Å²) in [4.78, 5) is 14.4. The van der Waals surface area contributed by atoms with Crippen molar-refractivity contribution >= 4 is 44.9 Å². The second-order valence-corrected chi connectivity index (χ2v) is 8.00. The van der Waals surface area contributed by atoms with Crippen LogP contribution in [-0.4, -0.2) is 19.9 Å². The van der Waals surface area contributed by atoms with E-state index in [2.05, 4.69) is 19.9 Å². The number of nitrogens with zero attached hydrogens (tertiary/aromatic N) is 2. The topological polar surface area (TPSA) is 57.4 Å². The molecule has 4 nitrogen and oxygen atoms in total. The largest absolute Gasteiger partial charge is 0.353 e. The highest BCUT2D eigenvalue weighted by Gasteiger charge is 2.21. The van der Waals surface area contributed by atoms with Gasteiger partial charge in [-0.25, -0.2) is 27.5 Å². The highest BCUT2D eigenvalue weighted by atomic mass is 19.1. The minimum absolute atomic E-state index is 0.00315. The summed E-state index contributed by atoms with van der Waals surface area (Å²) in [5, 5.41) is 0. The molecule has 5 rings (SSSR count). The van der Waals surface area contributed by atoms with Gasteiger partial charge in [0, 0.05) is 33.3 Å². The molecule has 2 aliphatic rings. The van der Waals surface area contributed by atoms with E-state index in [-0.39, 0.29) is 56.1 Å². The average molecular weight is 438 g/mol. The van der Waals surface area contributed by atoms with Crippen molar-refractivity contribution in [3.63, 3.8) is 0 Å². The maximum Gasteiger partial charge on any atom is 0.153 e. The van der Waals surface area contributed by atoms with Gasteiger partial charge in [-0.3, -0.25) is 0 Å². The van der Waals surface area contributed by atoms with Crippen LogP contribution in [0.25, 0.3) is 44.9 Å². The third kappa shape index (κ3) is 2.90. The molecule has 32 heavy (non-hydrogen) atoms. The van der Waals surface area contributed by atoms with E-state index in [1.54, 1.807) is 13.8 Å². The number of hydrogen-bond donors (Lipinski definition) is 2. The fraction of sp³-hybridized carbons (Fsp3) is 0.167. The Bertz CT molecular complexity index is 1440. The summed E-state index contributed by atoms with van der Waals surface area (Å²) >= 11 is 0. The van der Waals surface area contributed by atoms with Crippen LogP contribution in [0.2, 0.25) is 0 Å². The van der Waals surface area contributed by atoms with Crippen LogP contribution < -0.4 is 0 Å². The van der Waals surface area contributed by atoms with Crippen LogP contribution in [0.3, 0.4) is 0 Å². The monoisotopic (exact) mass is 438 g/mol. The molecule has 0 unspecified atom stereocenters. The molecule has 0 spiro atoms. The van der Waals surface area contributed by atoms with Gasteiger partial charge in [-0.05, 0) is 52.0 Å². The molecule has 0 saturated heterocycles. The summed E-state index contributed by atoms with van der Waals surface area (Å²) in [6.45, 7) is 6.17. The number of aryl methyl sites for hydroxylation is 2. The molecule has 162 valence electrons. The van der Waals surface area contributed by atoms with Crippen molar-refractivity contribution in [1.29, 1.82) is 0 Å². The lowest BCUT2D eigenvalue weighted by Gasteiger charge is -1.92. The number of rotatable bonds is 0. The Morgan fingerprint density at radius 3 is 1.50 bits per heavy atom. The number of aromatic nitrogens is 4. The third-order valence-electron chi connectivity index (χ3n) is 5.96. The average Bonchev–Trinajstić information content (AvgIpc) is 3.37. The first-order chi connectivity index (χ1) is 15.2.